The summed E-state index contributed by atoms with van der Waals surface area (Å²) >= 11 is 1.70. The molecule has 0 aliphatic heterocycles. The summed E-state index contributed by atoms with van der Waals surface area (Å²) < 4.78 is 12.0. The van der Waals surface area contributed by atoms with E-state index < -0.39 is 0 Å². The molecule has 1 amide bonds. The molecule has 1 aromatic heterocycles. The quantitative estimate of drug-likeness (QED) is 0.295. The Hall–Kier alpha value is -2.01. The summed E-state index contributed by atoms with van der Waals surface area (Å²) in [4.78, 5) is 15.5. The minimum atomic E-state index is -0.222. The van der Waals surface area contributed by atoms with Crippen LogP contribution in [0.1, 0.15) is 87.6 Å². The van der Waals surface area contributed by atoms with Crippen LogP contribution in [0.15, 0.2) is 35.4 Å². The van der Waals surface area contributed by atoms with Gasteiger partial charge in [-0.1, -0.05) is 31.9 Å². The average molecular weight is 458 g/mol. The molecule has 0 unspecified atom stereocenters. The average Bonchev–Trinajstić information content (AvgIpc) is 3.45. The van der Waals surface area contributed by atoms with E-state index in [-0.39, 0.29) is 6.09 Å². The second-order valence-electron chi connectivity index (χ2n) is 9.37. The van der Waals surface area contributed by atoms with E-state index in [1.807, 2.05) is 20.0 Å². The maximum Gasteiger partial charge on any atom is 0.410 e. The number of hydrogen-bond acceptors (Lipinski definition) is 4. The zero-order valence-electron chi connectivity index (χ0n) is 20.2. The third kappa shape index (κ3) is 6.50. The lowest BCUT2D eigenvalue weighted by molar-refractivity contribution is 0.0876. The number of carbonyl (C=O) groups excluding carboxylic acids is 1. The van der Waals surface area contributed by atoms with Gasteiger partial charge in [0.05, 0.1) is 6.10 Å². The molecule has 0 spiro atoms. The first kappa shape index (κ1) is 24.6. The molecule has 0 radical (unpaired) electrons. The normalized spacial score (nSPS) is 18.6. The molecule has 176 valence electrons. The highest BCUT2D eigenvalue weighted by atomic mass is 32.1. The van der Waals surface area contributed by atoms with E-state index in [9.17, 15) is 4.79 Å². The summed E-state index contributed by atoms with van der Waals surface area (Å²) in [7, 11) is 1.86. The number of ether oxygens (including phenoxy) is 2. The first-order valence-electron chi connectivity index (χ1n) is 12.0. The SMILES string of the molecule is C=C(C)/C(=C\C=C(/C)c1scc(C)c1COC(=O)N(C)C1CCCC1)OC1CCCCC1. The van der Waals surface area contributed by atoms with Crippen LogP contribution in [0.5, 0.6) is 0 Å². The monoisotopic (exact) mass is 457 g/mol. The first-order chi connectivity index (χ1) is 15.4. The van der Waals surface area contributed by atoms with Crippen LogP contribution < -0.4 is 0 Å². The van der Waals surface area contributed by atoms with Gasteiger partial charge in [0.2, 0.25) is 0 Å². The van der Waals surface area contributed by atoms with Gasteiger partial charge in [-0.25, -0.2) is 4.79 Å². The Balaban J connectivity index is 1.67. The molecule has 4 nitrogen and oxygen atoms in total. The zero-order valence-corrected chi connectivity index (χ0v) is 21.1. The molecule has 2 saturated carbocycles. The van der Waals surface area contributed by atoms with Crippen molar-refractivity contribution in [2.45, 2.75) is 97.3 Å². The lowest BCUT2D eigenvalue weighted by atomic mass is 9.97. The van der Waals surface area contributed by atoms with E-state index in [1.54, 1.807) is 16.2 Å². The second-order valence-corrected chi connectivity index (χ2v) is 10.2. The summed E-state index contributed by atoms with van der Waals surface area (Å²) in [6.45, 7) is 10.6. The van der Waals surface area contributed by atoms with Crippen molar-refractivity contribution in [3.63, 3.8) is 0 Å². The van der Waals surface area contributed by atoms with Gasteiger partial charge in [-0.2, -0.15) is 0 Å². The van der Waals surface area contributed by atoms with E-state index in [0.717, 1.165) is 58.6 Å². The van der Waals surface area contributed by atoms with Crippen molar-refractivity contribution in [3.8, 4) is 0 Å². The molecular weight excluding hydrogens is 418 g/mol. The van der Waals surface area contributed by atoms with Crippen molar-refractivity contribution < 1.29 is 14.3 Å². The third-order valence-corrected chi connectivity index (χ3v) is 7.99. The lowest BCUT2D eigenvalue weighted by Gasteiger charge is -2.24. The van der Waals surface area contributed by atoms with Gasteiger partial charge in [0.15, 0.2) is 0 Å². The highest BCUT2D eigenvalue weighted by molar-refractivity contribution is 7.11. The van der Waals surface area contributed by atoms with Gasteiger partial charge in [-0.05, 0) is 87.5 Å². The third-order valence-electron chi connectivity index (χ3n) is 6.71. The summed E-state index contributed by atoms with van der Waals surface area (Å²) in [6.07, 6.45) is 14.8. The molecule has 2 aliphatic rings. The maximum absolute atomic E-state index is 12.6. The largest absolute Gasteiger partial charge is 0.490 e. The van der Waals surface area contributed by atoms with Gasteiger partial charge < -0.3 is 14.4 Å². The van der Waals surface area contributed by atoms with Gasteiger partial charge in [0.25, 0.3) is 0 Å². The topological polar surface area (TPSA) is 38.8 Å². The Morgan fingerprint density at radius 2 is 1.78 bits per heavy atom. The molecule has 1 aromatic rings. The summed E-state index contributed by atoms with van der Waals surface area (Å²) in [5.41, 5.74) is 4.35. The van der Waals surface area contributed by atoms with Crippen LogP contribution in [0.4, 0.5) is 4.79 Å². The summed E-state index contributed by atoms with van der Waals surface area (Å²) in [6, 6.07) is 0.321. The maximum atomic E-state index is 12.6. The fourth-order valence-electron chi connectivity index (χ4n) is 4.58. The number of hydrogen-bond donors (Lipinski definition) is 0. The van der Waals surface area contributed by atoms with Crippen LogP contribution in [0.25, 0.3) is 5.57 Å². The van der Waals surface area contributed by atoms with Crippen LogP contribution in [0, 0.1) is 6.92 Å². The number of carbonyl (C=O) groups is 1. The molecule has 32 heavy (non-hydrogen) atoms. The second kappa shape index (κ2) is 11.7. The van der Waals surface area contributed by atoms with Crippen molar-refractivity contribution in [2.75, 3.05) is 7.05 Å². The van der Waals surface area contributed by atoms with E-state index in [0.29, 0.717) is 18.8 Å². The lowest BCUT2D eigenvalue weighted by Crippen LogP contribution is -2.35. The number of thiophene rings is 1. The zero-order chi connectivity index (χ0) is 23.1. The van der Waals surface area contributed by atoms with Crippen molar-refractivity contribution in [3.05, 3.63) is 51.4 Å². The number of amides is 1. The molecule has 0 saturated heterocycles. The van der Waals surface area contributed by atoms with E-state index in [1.165, 1.54) is 32.1 Å². The highest BCUT2D eigenvalue weighted by Gasteiger charge is 2.25. The fraction of sp³-hybridized carbons (Fsp3) is 0.593. The van der Waals surface area contributed by atoms with Crippen molar-refractivity contribution in [1.82, 2.24) is 4.90 Å². The van der Waals surface area contributed by atoms with Crippen molar-refractivity contribution in [1.29, 1.82) is 0 Å². The van der Waals surface area contributed by atoms with E-state index >= 15 is 0 Å². The smallest absolute Gasteiger partial charge is 0.410 e. The standard InChI is InChI=1S/C27H39NO3S/c1-19(2)25(31-23-13-7-6-8-14-23)16-15-20(3)26-24(21(4)18-32-26)17-30-27(29)28(5)22-11-9-10-12-22/h15-16,18,22-23H,1,6-14,17H2,2-5H3/b20-15+,25-16+. The Kier molecular flexibility index (Phi) is 9.03. The van der Waals surface area contributed by atoms with Crippen LogP contribution in [-0.2, 0) is 16.1 Å². The van der Waals surface area contributed by atoms with E-state index in [2.05, 4.69) is 31.9 Å². The fourth-order valence-corrected chi connectivity index (χ4v) is 5.63. The molecule has 5 heteroatoms. The molecular formula is C27H39NO3S. The van der Waals surface area contributed by atoms with Crippen molar-refractivity contribution >= 4 is 23.0 Å². The molecule has 0 atom stereocenters. The number of aryl methyl sites for hydroxylation is 1. The Bertz CT molecular complexity index is 854. The minimum Gasteiger partial charge on any atom is -0.490 e. The molecule has 0 N–H and O–H groups in total. The van der Waals surface area contributed by atoms with Gasteiger partial charge >= 0.3 is 6.09 Å². The summed E-state index contributed by atoms with van der Waals surface area (Å²) in [5.74, 6) is 0.871. The van der Waals surface area contributed by atoms with Gasteiger partial charge in [-0.3, -0.25) is 0 Å². The Morgan fingerprint density at radius 3 is 2.44 bits per heavy atom. The van der Waals surface area contributed by atoms with E-state index in [4.69, 9.17) is 9.47 Å². The first-order valence-corrected chi connectivity index (χ1v) is 12.9. The Morgan fingerprint density at radius 1 is 1.12 bits per heavy atom. The number of allylic oxidation sites excluding steroid dienone is 4. The molecule has 1 heterocycles. The van der Waals surface area contributed by atoms with Gasteiger partial charge in [0, 0.05) is 23.5 Å². The molecule has 2 aliphatic carbocycles. The number of nitrogens with zero attached hydrogens (tertiary/aromatic N) is 1. The van der Waals surface area contributed by atoms with Crippen LogP contribution in [0.3, 0.4) is 0 Å². The molecule has 2 fully saturated rings. The predicted molar refractivity (Wildman–Crippen MR) is 134 cm³/mol. The molecule has 3 rings (SSSR count). The number of rotatable bonds is 8. The van der Waals surface area contributed by atoms with Crippen molar-refractivity contribution in [2.24, 2.45) is 0 Å². The minimum absolute atomic E-state index is 0.222. The Labute approximate surface area is 198 Å². The van der Waals surface area contributed by atoms with Crippen LogP contribution in [-0.4, -0.2) is 30.2 Å². The highest BCUT2D eigenvalue weighted by Crippen LogP contribution is 2.31. The molecule has 0 aromatic carbocycles. The molecule has 0 bridgehead atoms. The predicted octanol–water partition coefficient (Wildman–Crippen LogP) is 7.78. The van der Waals surface area contributed by atoms with Crippen LogP contribution in [0.2, 0.25) is 0 Å². The van der Waals surface area contributed by atoms with Crippen LogP contribution >= 0.6 is 11.3 Å². The van der Waals surface area contributed by atoms with Gasteiger partial charge in [-0.15, -0.1) is 11.3 Å². The van der Waals surface area contributed by atoms with Gasteiger partial charge in [0.1, 0.15) is 12.4 Å². The summed E-state index contributed by atoms with van der Waals surface area (Å²) in [5, 5.41) is 2.14.